The van der Waals surface area contributed by atoms with Crippen LogP contribution in [0.5, 0.6) is 0 Å². The normalized spacial score (nSPS) is 31.9. The first-order valence-electron chi connectivity index (χ1n) is 9.95. The van der Waals surface area contributed by atoms with Crippen molar-refractivity contribution < 1.29 is 14.3 Å². The molecule has 2 saturated carbocycles. The van der Waals surface area contributed by atoms with Crippen LogP contribution < -0.4 is 5.32 Å². The Morgan fingerprint density at radius 3 is 3.15 bits per heavy atom. The van der Waals surface area contributed by atoms with Crippen LogP contribution in [0.15, 0.2) is 6.33 Å². The maximum atomic E-state index is 12.3. The quantitative estimate of drug-likeness (QED) is 0.801. The number of aryl methyl sites for hydroxylation is 1. The molecule has 144 valence electrons. The molecule has 1 saturated heterocycles. The SMILES string of the molecule is CCOC(=O)c1sc2ncnc(NC3CCCC45OCCC4CC35)c2c1C. The standard InChI is InChI=1S/C20H25N3O3S/c1-3-25-19(24)16-11(2)15-17(21-10-22-18(15)27-16)23-14-5-4-7-20-12(6-8-26-20)9-13(14)20/h10,12-14H,3-9H2,1-2H3,(H,21,22,23). The van der Waals surface area contributed by atoms with Crippen LogP contribution in [0, 0.1) is 18.8 Å². The highest BCUT2D eigenvalue weighted by Gasteiger charge is 2.62. The molecule has 2 aromatic heterocycles. The number of anilines is 1. The molecule has 4 atom stereocenters. The molecule has 1 aliphatic heterocycles. The van der Waals surface area contributed by atoms with Crippen LogP contribution in [0.4, 0.5) is 5.82 Å². The molecule has 4 unspecified atom stereocenters. The van der Waals surface area contributed by atoms with E-state index in [0.717, 1.165) is 40.5 Å². The number of thiophene rings is 1. The number of esters is 1. The van der Waals surface area contributed by atoms with Crippen LogP contribution in [0.1, 0.15) is 54.3 Å². The molecule has 0 aromatic carbocycles. The first kappa shape index (κ1) is 17.4. The van der Waals surface area contributed by atoms with Gasteiger partial charge in [-0.3, -0.25) is 0 Å². The van der Waals surface area contributed by atoms with Gasteiger partial charge in [-0.1, -0.05) is 0 Å². The van der Waals surface area contributed by atoms with Gasteiger partial charge in [-0.05, 0) is 57.4 Å². The molecule has 0 radical (unpaired) electrons. The molecular weight excluding hydrogens is 362 g/mol. The molecule has 0 bridgehead atoms. The highest BCUT2D eigenvalue weighted by Crippen LogP contribution is 2.59. The Bertz CT molecular complexity index is 898. The van der Waals surface area contributed by atoms with Gasteiger partial charge in [0.1, 0.15) is 21.9 Å². The second-order valence-corrected chi connectivity index (χ2v) is 8.95. The van der Waals surface area contributed by atoms with Crippen LogP contribution in [-0.4, -0.2) is 40.8 Å². The summed E-state index contributed by atoms with van der Waals surface area (Å²) in [5, 5.41) is 4.66. The van der Waals surface area contributed by atoms with Crippen molar-refractivity contribution in [3.63, 3.8) is 0 Å². The topological polar surface area (TPSA) is 73.3 Å². The van der Waals surface area contributed by atoms with Crippen molar-refractivity contribution >= 4 is 33.3 Å². The lowest BCUT2D eigenvalue weighted by atomic mass is 9.53. The number of carbonyl (C=O) groups excluding carboxylic acids is 1. The van der Waals surface area contributed by atoms with Gasteiger partial charge < -0.3 is 14.8 Å². The van der Waals surface area contributed by atoms with E-state index in [1.807, 2.05) is 13.8 Å². The maximum absolute atomic E-state index is 12.3. The van der Waals surface area contributed by atoms with Crippen molar-refractivity contribution in [2.75, 3.05) is 18.5 Å². The number of rotatable bonds is 4. The van der Waals surface area contributed by atoms with Crippen molar-refractivity contribution in [1.29, 1.82) is 0 Å². The van der Waals surface area contributed by atoms with E-state index < -0.39 is 0 Å². The first-order chi connectivity index (χ1) is 13.1. The molecule has 3 aliphatic rings. The molecule has 1 N–H and O–H groups in total. The van der Waals surface area contributed by atoms with E-state index in [9.17, 15) is 4.79 Å². The van der Waals surface area contributed by atoms with Crippen molar-refractivity contribution in [3.8, 4) is 0 Å². The van der Waals surface area contributed by atoms with E-state index in [1.54, 1.807) is 6.33 Å². The second kappa shape index (κ2) is 6.41. The summed E-state index contributed by atoms with van der Waals surface area (Å²) in [6, 6.07) is 0.372. The summed E-state index contributed by atoms with van der Waals surface area (Å²) in [5.74, 6) is 1.87. The maximum Gasteiger partial charge on any atom is 0.348 e. The van der Waals surface area contributed by atoms with Gasteiger partial charge in [0.15, 0.2) is 0 Å². The summed E-state index contributed by atoms with van der Waals surface area (Å²) in [6.07, 6.45) is 7.58. The highest BCUT2D eigenvalue weighted by molar-refractivity contribution is 7.20. The number of carbonyl (C=O) groups is 1. The molecule has 7 heteroatoms. The number of nitrogens with zero attached hydrogens (tertiary/aromatic N) is 2. The lowest BCUT2D eigenvalue weighted by molar-refractivity contribution is -0.160. The van der Waals surface area contributed by atoms with Gasteiger partial charge in [-0.2, -0.15) is 0 Å². The summed E-state index contributed by atoms with van der Waals surface area (Å²) in [6.45, 7) is 5.07. The average Bonchev–Trinajstić information content (AvgIpc) is 3.12. The van der Waals surface area contributed by atoms with Crippen molar-refractivity contribution in [1.82, 2.24) is 9.97 Å². The van der Waals surface area contributed by atoms with Gasteiger partial charge in [0.05, 0.1) is 17.6 Å². The van der Waals surface area contributed by atoms with Gasteiger partial charge in [0.25, 0.3) is 0 Å². The smallest absolute Gasteiger partial charge is 0.348 e. The monoisotopic (exact) mass is 387 g/mol. The van der Waals surface area contributed by atoms with E-state index in [4.69, 9.17) is 9.47 Å². The van der Waals surface area contributed by atoms with E-state index >= 15 is 0 Å². The number of ether oxygens (including phenoxy) is 2. The third-order valence-corrected chi connectivity index (χ3v) is 7.95. The van der Waals surface area contributed by atoms with Gasteiger partial charge in [-0.15, -0.1) is 11.3 Å². The number of hydrogen-bond acceptors (Lipinski definition) is 7. The molecule has 5 rings (SSSR count). The van der Waals surface area contributed by atoms with Crippen molar-refractivity contribution in [3.05, 3.63) is 16.8 Å². The fraction of sp³-hybridized carbons (Fsp3) is 0.650. The Labute approximate surface area is 162 Å². The minimum absolute atomic E-state index is 0.113. The summed E-state index contributed by atoms with van der Waals surface area (Å²) in [4.78, 5) is 22.7. The summed E-state index contributed by atoms with van der Waals surface area (Å²) in [7, 11) is 0. The van der Waals surface area contributed by atoms with Crippen LogP contribution >= 0.6 is 11.3 Å². The summed E-state index contributed by atoms with van der Waals surface area (Å²) < 4.78 is 11.5. The fourth-order valence-corrected chi connectivity index (χ4v) is 6.56. The Morgan fingerprint density at radius 2 is 2.33 bits per heavy atom. The predicted molar refractivity (Wildman–Crippen MR) is 104 cm³/mol. The van der Waals surface area contributed by atoms with Crippen LogP contribution in [0.25, 0.3) is 10.2 Å². The zero-order chi connectivity index (χ0) is 18.6. The largest absolute Gasteiger partial charge is 0.462 e. The number of hydrogen-bond donors (Lipinski definition) is 1. The third-order valence-electron chi connectivity index (χ3n) is 6.77. The molecule has 2 aromatic rings. The number of aromatic nitrogens is 2. The lowest BCUT2D eigenvalue weighted by Gasteiger charge is -2.57. The van der Waals surface area contributed by atoms with Crippen molar-refractivity contribution in [2.45, 2.75) is 57.6 Å². The predicted octanol–water partition coefficient (Wildman–Crippen LogP) is 3.94. The van der Waals surface area contributed by atoms with Gasteiger partial charge in [0, 0.05) is 18.6 Å². The number of fused-ring (bicyclic) bond motifs is 1. The molecular formula is C20H25N3O3S. The van der Waals surface area contributed by atoms with E-state index in [-0.39, 0.29) is 11.6 Å². The third kappa shape index (κ3) is 2.51. The zero-order valence-electron chi connectivity index (χ0n) is 15.8. The Hall–Kier alpha value is -1.73. The lowest BCUT2D eigenvalue weighted by Crippen LogP contribution is -2.61. The van der Waals surface area contributed by atoms with Crippen LogP contribution in [0.2, 0.25) is 0 Å². The Balaban J connectivity index is 1.46. The molecule has 3 fully saturated rings. The van der Waals surface area contributed by atoms with E-state index in [1.165, 1.54) is 37.0 Å². The van der Waals surface area contributed by atoms with Crippen molar-refractivity contribution in [2.24, 2.45) is 11.8 Å². The fourth-order valence-electron chi connectivity index (χ4n) is 5.51. The minimum atomic E-state index is -0.276. The van der Waals surface area contributed by atoms with E-state index in [2.05, 4.69) is 15.3 Å². The molecule has 2 aliphatic carbocycles. The van der Waals surface area contributed by atoms with Crippen LogP contribution in [-0.2, 0) is 9.47 Å². The minimum Gasteiger partial charge on any atom is -0.462 e. The molecule has 0 amide bonds. The average molecular weight is 388 g/mol. The van der Waals surface area contributed by atoms with Gasteiger partial charge in [0.2, 0.25) is 0 Å². The summed E-state index contributed by atoms with van der Waals surface area (Å²) in [5.41, 5.74) is 1.02. The molecule has 3 heterocycles. The molecule has 1 spiro atoms. The second-order valence-electron chi connectivity index (χ2n) is 7.95. The Kier molecular flexibility index (Phi) is 4.13. The van der Waals surface area contributed by atoms with Gasteiger partial charge in [-0.25, -0.2) is 14.8 Å². The highest BCUT2D eigenvalue weighted by atomic mass is 32.1. The van der Waals surface area contributed by atoms with Crippen LogP contribution in [0.3, 0.4) is 0 Å². The molecule has 6 nitrogen and oxygen atoms in total. The summed E-state index contributed by atoms with van der Waals surface area (Å²) >= 11 is 1.39. The van der Waals surface area contributed by atoms with E-state index in [0.29, 0.717) is 23.4 Å². The Morgan fingerprint density at radius 1 is 1.44 bits per heavy atom. The zero-order valence-corrected chi connectivity index (χ0v) is 16.6. The van der Waals surface area contributed by atoms with Gasteiger partial charge >= 0.3 is 5.97 Å². The first-order valence-corrected chi connectivity index (χ1v) is 10.8. The number of nitrogens with one attached hydrogen (secondary N) is 1. The molecule has 27 heavy (non-hydrogen) atoms.